The third kappa shape index (κ3) is 4.30. The Bertz CT molecular complexity index is 163. The Morgan fingerprint density at radius 1 is 1.45 bits per heavy atom. The number of carbonyl (C=O) groups excluding carboxylic acids is 1. The molecule has 62 valence electrons. The molecular weight excluding hydrogens is 146 g/mol. The van der Waals surface area contributed by atoms with Crippen LogP contribution in [0.5, 0.6) is 0 Å². The topological polar surface area (TPSA) is 77.0 Å². The van der Waals surface area contributed by atoms with Gasteiger partial charge in [-0.25, -0.2) is 4.79 Å². The summed E-state index contributed by atoms with van der Waals surface area (Å²) in [6, 6.07) is 0. The van der Waals surface area contributed by atoms with E-state index in [4.69, 9.17) is 5.73 Å². The normalized spacial score (nSPS) is 14.9. The lowest BCUT2D eigenvalue weighted by molar-refractivity contribution is 0.154. The Morgan fingerprint density at radius 2 is 2.18 bits per heavy atom. The van der Waals surface area contributed by atoms with E-state index in [0.717, 1.165) is 19.3 Å². The highest BCUT2D eigenvalue weighted by atomic mass is 16.5. The number of unbranched alkanes of at least 4 members (excludes halogenated alkanes) is 1. The molecule has 1 aliphatic rings. The molecule has 2 N–H and O–H groups in total. The second-order valence-electron chi connectivity index (χ2n) is 2.37. The van der Waals surface area contributed by atoms with Crippen LogP contribution in [-0.2, 0) is 4.74 Å². The van der Waals surface area contributed by atoms with Crippen molar-refractivity contribution in [3.63, 3.8) is 0 Å². The fraction of sp³-hybridized carbons (Fsp3) is 0.833. The van der Waals surface area contributed by atoms with Gasteiger partial charge in [-0.3, -0.25) is 0 Å². The Morgan fingerprint density at radius 3 is 2.73 bits per heavy atom. The average Bonchev–Trinajstić information content (AvgIpc) is 2.70. The molecule has 1 heterocycles. The maximum absolute atomic E-state index is 10.1. The zero-order valence-electron chi connectivity index (χ0n) is 6.19. The SMILES string of the molecule is NC(=O)OCCCCC1N=N1. The van der Waals surface area contributed by atoms with Crippen molar-refractivity contribution in [2.24, 2.45) is 16.0 Å². The number of amides is 1. The van der Waals surface area contributed by atoms with E-state index in [0.29, 0.717) is 6.61 Å². The van der Waals surface area contributed by atoms with Gasteiger partial charge >= 0.3 is 6.09 Å². The molecule has 0 saturated carbocycles. The summed E-state index contributed by atoms with van der Waals surface area (Å²) in [7, 11) is 0. The molecule has 0 spiro atoms. The molecule has 0 atom stereocenters. The van der Waals surface area contributed by atoms with Crippen molar-refractivity contribution in [2.75, 3.05) is 6.61 Å². The number of nitrogens with two attached hydrogens (primary N) is 1. The van der Waals surface area contributed by atoms with Crippen molar-refractivity contribution in [2.45, 2.75) is 25.4 Å². The minimum atomic E-state index is -0.703. The molecule has 11 heavy (non-hydrogen) atoms. The monoisotopic (exact) mass is 157 g/mol. The Labute approximate surface area is 64.6 Å². The summed E-state index contributed by atoms with van der Waals surface area (Å²) in [5.41, 5.74) is 4.75. The van der Waals surface area contributed by atoms with E-state index in [1.165, 1.54) is 0 Å². The van der Waals surface area contributed by atoms with Crippen LogP contribution in [0.1, 0.15) is 19.3 Å². The summed E-state index contributed by atoms with van der Waals surface area (Å²) >= 11 is 0. The van der Waals surface area contributed by atoms with Gasteiger partial charge in [0, 0.05) is 0 Å². The molecular formula is C6H11N3O2. The first-order valence-corrected chi connectivity index (χ1v) is 3.61. The highest BCUT2D eigenvalue weighted by Gasteiger charge is 2.13. The van der Waals surface area contributed by atoms with Gasteiger partial charge in [-0.1, -0.05) is 0 Å². The number of ether oxygens (including phenoxy) is 1. The summed E-state index contributed by atoms with van der Waals surface area (Å²) in [6.07, 6.45) is 2.30. The third-order valence-corrected chi connectivity index (χ3v) is 1.38. The molecule has 0 fully saturated rings. The van der Waals surface area contributed by atoms with E-state index < -0.39 is 6.09 Å². The number of carbonyl (C=O) groups is 1. The molecule has 0 saturated heterocycles. The van der Waals surface area contributed by atoms with Gasteiger partial charge in [0.05, 0.1) is 6.61 Å². The van der Waals surface area contributed by atoms with Crippen LogP contribution in [0.4, 0.5) is 4.79 Å². The molecule has 5 nitrogen and oxygen atoms in total. The Kier molecular flexibility index (Phi) is 2.83. The average molecular weight is 157 g/mol. The van der Waals surface area contributed by atoms with Gasteiger partial charge in [0.2, 0.25) is 0 Å². The molecule has 0 aromatic carbocycles. The zero-order chi connectivity index (χ0) is 8.10. The van der Waals surface area contributed by atoms with Crippen LogP contribution < -0.4 is 5.73 Å². The summed E-state index contributed by atoms with van der Waals surface area (Å²) in [6.45, 7) is 0.405. The van der Waals surface area contributed by atoms with Crippen molar-refractivity contribution in [3.8, 4) is 0 Å². The predicted octanol–water partition coefficient (Wildman–Crippen LogP) is 1.04. The van der Waals surface area contributed by atoms with Gasteiger partial charge in [-0.05, 0) is 19.3 Å². The van der Waals surface area contributed by atoms with Crippen LogP contribution in [-0.4, -0.2) is 18.9 Å². The maximum Gasteiger partial charge on any atom is 0.404 e. The van der Waals surface area contributed by atoms with Gasteiger partial charge in [-0.2, -0.15) is 10.2 Å². The van der Waals surface area contributed by atoms with E-state index in [-0.39, 0.29) is 6.17 Å². The second-order valence-corrected chi connectivity index (χ2v) is 2.37. The predicted molar refractivity (Wildman–Crippen MR) is 38.0 cm³/mol. The Balaban J connectivity index is 1.76. The highest BCUT2D eigenvalue weighted by molar-refractivity contribution is 5.64. The number of rotatable bonds is 5. The van der Waals surface area contributed by atoms with Gasteiger partial charge < -0.3 is 10.5 Å². The smallest absolute Gasteiger partial charge is 0.404 e. The number of hydrogen-bond acceptors (Lipinski definition) is 4. The van der Waals surface area contributed by atoms with Crippen LogP contribution in [0, 0.1) is 0 Å². The van der Waals surface area contributed by atoms with Crippen LogP contribution in [0.2, 0.25) is 0 Å². The van der Waals surface area contributed by atoms with Crippen molar-refractivity contribution in [1.29, 1.82) is 0 Å². The lowest BCUT2D eigenvalue weighted by Crippen LogP contribution is -2.13. The minimum absolute atomic E-state index is 0.226. The zero-order valence-corrected chi connectivity index (χ0v) is 6.19. The molecule has 0 bridgehead atoms. The van der Waals surface area contributed by atoms with Gasteiger partial charge in [0.25, 0.3) is 0 Å². The third-order valence-electron chi connectivity index (χ3n) is 1.38. The van der Waals surface area contributed by atoms with Crippen molar-refractivity contribution >= 4 is 6.09 Å². The maximum atomic E-state index is 10.1. The molecule has 1 amide bonds. The van der Waals surface area contributed by atoms with Gasteiger partial charge in [0.1, 0.15) is 0 Å². The molecule has 0 aromatic heterocycles. The van der Waals surface area contributed by atoms with E-state index in [9.17, 15) is 4.79 Å². The summed E-state index contributed by atoms with van der Waals surface area (Å²) in [5.74, 6) is 0. The fourth-order valence-corrected chi connectivity index (χ4v) is 0.764. The first-order chi connectivity index (χ1) is 5.29. The molecule has 0 unspecified atom stereocenters. The van der Waals surface area contributed by atoms with Crippen molar-refractivity contribution < 1.29 is 9.53 Å². The quantitative estimate of drug-likeness (QED) is 0.605. The lowest BCUT2D eigenvalue weighted by Gasteiger charge is -1.98. The number of hydrogen-bond donors (Lipinski definition) is 1. The Hall–Kier alpha value is -1.13. The van der Waals surface area contributed by atoms with Crippen LogP contribution in [0.15, 0.2) is 10.2 Å². The second kappa shape index (κ2) is 3.90. The molecule has 1 rings (SSSR count). The first kappa shape index (κ1) is 7.97. The highest BCUT2D eigenvalue weighted by Crippen LogP contribution is 2.16. The van der Waals surface area contributed by atoms with E-state index >= 15 is 0 Å². The molecule has 0 radical (unpaired) electrons. The summed E-state index contributed by atoms with van der Waals surface area (Å²) < 4.78 is 4.52. The van der Waals surface area contributed by atoms with Gasteiger partial charge in [-0.15, -0.1) is 0 Å². The standard InChI is InChI=1S/C6H11N3O2/c7-6(10)11-4-2-1-3-5-8-9-5/h5H,1-4H2,(H2,7,10). The lowest BCUT2D eigenvalue weighted by atomic mass is 10.2. The molecule has 5 heteroatoms. The fourth-order valence-electron chi connectivity index (χ4n) is 0.764. The molecule has 0 aromatic rings. The first-order valence-electron chi connectivity index (χ1n) is 3.61. The summed E-state index contributed by atoms with van der Waals surface area (Å²) in [5, 5.41) is 7.46. The van der Waals surface area contributed by atoms with Crippen molar-refractivity contribution in [3.05, 3.63) is 0 Å². The van der Waals surface area contributed by atoms with E-state index in [2.05, 4.69) is 15.0 Å². The molecule has 0 aliphatic carbocycles. The molecule has 1 aliphatic heterocycles. The largest absolute Gasteiger partial charge is 0.450 e. The van der Waals surface area contributed by atoms with Crippen LogP contribution in [0.25, 0.3) is 0 Å². The number of nitrogens with zero attached hydrogens (tertiary/aromatic N) is 2. The van der Waals surface area contributed by atoms with E-state index in [1.807, 2.05) is 0 Å². The van der Waals surface area contributed by atoms with Crippen LogP contribution >= 0.6 is 0 Å². The minimum Gasteiger partial charge on any atom is -0.450 e. The van der Waals surface area contributed by atoms with E-state index in [1.54, 1.807) is 0 Å². The number of primary amides is 1. The van der Waals surface area contributed by atoms with Crippen molar-refractivity contribution in [1.82, 2.24) is 0 Å². The van der Waals surface area contributed by atoms with Crippen LogP contribution in [0.3, 0.4) is 0 Å². The summed E-state index contributed by atoms with van der Waals surface area (Å²) in [4.78, 5) is 10.1. The van der Waals surface area contributed by atoms with Gasteiger partial charge in [0.15, 0.2) is 6.17 Å².